The molecule has 5 heteroatoms. The van der Waals surface area contributed by atoms with Crippen molar-refractivity contribution in [3.8, 4) is 0 Å². The van der Waals surface area contributed by atoms with E-state index >= 15 is 0 Å². The zero-order valence-corrected chi connectivity index (χ0v) is 11.4. The first kappa shape index (κ1) is 12.6. The van der Waals surface area contributed by atoms with Crippen molar-refractivity contribution in [2.24, 2.45) is 0 Å². The van der Waals surface area contributed by atoms with Crippen LogP contribution < -0.4 is 11.1 Å². The Morgan fingerprint density at radius 2 is 1.89 bits per heavy atom. The highest BCUT2D eigenvalue weighted by Gasteiger charge is 2.14. The molecule has 4 nitrogen and oxygen atoms in total. The summed E-state index contributed by atoms with van der Waals surface area (Å²) in [5, 5.41) is 2.92. The van der Waals surface area contributed by atoms with Gasteiger partial charge in [-0.15, -0.1) is 11.3 Å². The van der Waals surface area contributed by atoms with Crippen LogP contribution >= 0.6 is 11.3 Å². The third-order valence-electron chi connectivity index (χ3n) is 2.75. The molecule has 0 saturated heterocycles. The number of carbonyl (C=O) groups is 1. The van der Waals surface area contributed by atoms with Gasteiger partial charge in [-0.25, -0.2) is 4.98 Å². The fourth-order valence-corrected chi connectivity index (χ4v) is 2.58. The predicted molar refractivity (Wildman–Crippen MR) is 75.1 cm³/mol. The molecule has 0 aliphatic heterocycles. The van der Waals surface area contributed by atoms with Gasteiger partial charge in [0, 0.05) is 11.4 Å². The predicted octanol–water partition coefficient (Wildman–Crippen LogP) is 2.90. The second-order valence-electron chi connectivity index (χ2n) is 4.25. The van der Waals surface area contributed by atoms with Crippen LogP contribution in [0.15, 0.2) is 17.6 Å². The Labute approximate surface area is 110 Å². The first-order valence-corrected chi connectivity index (χ1v) is 6.45. The van der Waals surface area contributed by atoms with E-state index in [1.54, 1.807) is 5.51 Å². The van der Waals surface area contributed by atoms with Gasteiger partial charge in [-0.1, -0.05) is 0 Å². The molecule has 0 saturated carbocycles. The number of hydrogen-bond donors (Lipinski definition) is 2. The first-order valence-electron chi connectivity index (χ1n) is 5.57. The highest BCUT2D eigenvalue weighted by atomic mass is 32.1. The molecule has 94 valence electrons. The van der Waals surface area contributed by atoms with Crippen molar-refractivity contribution in [2.75, 3.05) is 11.1 Å². The molecule has 0 atom stereocenters. The Balaban J connectivity index is 2.31. The largest absolute Gasteiger partial charge is 0.399 e. The van der Waals surface area contributed by atoms with E-state index < -0.39 is 0 Å². The summed E-state index contributed by atoms with van der Waals surface area (Å²) in [7, 11) is 0. The van der Waals surface area contributed by atoms with Crippen molar-refractivity contribution in [1.29, 1.82) is 0 Å². The number of aromatic nitrogens is 1. The van der Waals surface area contributed by atoms with Gasteiger partial charge >= 0.3 is 0 Å². The maximum atomic E-state index is 12.1. The lowest BCUT2D eigenvalue weighted by atomic mass is 10.1. The van der Waals surface area contributed by atoms with E-state index in [1.807, 2.05) is 32.9 Å². The average molecular weight is 261 g/mol. The fraction of sp³-hybridized carbons (Fsp3) is 0.231. The number of nitrogens with one attached hydrogen (secondary N) is 1. The number of aryl methyl sites for hydroxylation is 3. The number of benzene rings is 1. The lowest BCUT2D eigenvalue weighted by molar-refractivity contribution is 0.102. The van der Waals surface area contributed by atoms with Crippen molar-refractivity contribution in [2.45, 2.75) is 20.8 Å². The second kappa shape index (κ2) is 4.78. The van der Waals surface area contributed by atoms with E-state index in [9.17, 15) is 4.79 Å². The number of nitrogens with zero attached hydrogens (tertiary/aromatic N) is 1. The minimum Gasteiger partial charge on any atom is -0.399 e. The Kier molecular flexibility index (Phi) is 3.34. The number of hydrogen-bond acceptors (Lipinski definition) is 4. The number of thiazole rings is 1. The van der Waals surface area contributed by atoms with E-state index in [-0.39, 0.29) is 5.91 Å². The van der Waals surface area contributed by atoms with Crippen LogP contribution in [-0.4, -0.2) is 10.9 Å². The van der Waals surface area contributed by atoms with Gasteiger partial charge in [-0.2, -0.15) is 0 Å². The SMILES string of the molecule is Cc1cc(N)cc(C)c1NC(=O)c1scnc1C. The van der Waals surface area contributed by atoms with Crippen LogP contribution in [0.5, 0.6) is 0 Å². The Morgan fingerprint density at radius 3 is 2.39 bits per heavy atom. The zero-order chi connectivity index (χ0) is 13.3. The van der Waals surface area contributed by atoms with Crippen LogP contribution in [0.2, 0.25) is 0 Å². The van der Waals surface area contributed by atoms with E-state index in [1.165, 1.54) is 11.3 Å². The number of carbonyl (C=O) groups excluding carboxylic acids is 1. The molecule has 0 unspecified atom stereocenters. The molecule has 3 N–H and O–H groups in total. The van der Waals surface area contributed by atoms with E-state index in [0.717, 1.165) is 22.5 Å². The van der Waals surface area contributed by atoms with E-state index in [0.29, 0.717) is 10.6 Å². The summed E-state index contributed by atoms with van der Waals surface area (Å²) in [5.74, 6) is -0.119. The lowest BCUT2D eigenvalue weighted by Gasteiger charge is -2.12. The van der Waals surface area contributed by atoms with Gasteiger partial charge in [0.25, 0.3) is 5.91 Å². The van der Waals surface area contributed by atoms with Crippen LogP contribution in [0.3, 0.4) is 0 Å². The monoisotopic (exact) mass is 261 g/mol. The molecule has 18 heavy (non-hydrogen) atoms. The van der Waals surface area contributed by atoms with Gasteiger partial charge in [0.05, 0.1) is 11.2 Å². The van der Waals surface area contributed by atoms with Gasteiger partial charge in [0.1, 0.15) is 4.88 Å². The third kappa shape index (κ3) is 2.36. The highest BCUT2D eigenvalue weighted by Crippen LogP contribution is 2.24. The second-order valence-corrected chi connectivity index (χ2v) is 5.11. The van der Waals surface area contributed by atoms with Crippen LogP contribution in [0, 0.1) is 20.8 Å². The van der Waals surface area contributed by atoms with Gasteiger partial charge in [-0.05, 0) is 44.0 Å². The van der Waals surface area contributed by atoms with Crippen molar-refractivity contribution in [3.63, 3.8) is 0 Å². The molecule has 0 aliphatic rings. The van der Waals surface area contributed by atoms with Crippen LogP contribution in [0.4, 0.5) is 11.4 Å². The van der Waals surface area contributed by atoms with Crippen LogP contribution in [0.1, 0.15) is 26.5 Å². The van der Waals surface area contributed by atoms with Crippen molar-refractivity contribution < 1.29 is 4.79 Å². The quantitative estimate of drug-likeness (QED) is 0.817. The minimum atomic E-state index is -0.119. The molecular formula is C13H15N3OS. The summed E-state index contributed by atoms with van der Waals surface area (Å²) in [6, 6.07) is 3.70. The van der Waals surface area contributed by atoms with Crippen molar-refractivity contribution in [3.05, 3.63) is 39.3 Å². The van der Waals surface area contributed by atoms with Crippen molar-refractivity contribution in [1.82, 2.24) is 4.98 Å². The van der Waals surface area contributed by atoms with Gasteiger partial charge in [0.15, 0.2) is 0 Å². The standard InChI is InChI=1S/C13H15N3OS/c1-7-4-10(14)5-8(2)11(7)16-13(17)12-9(3)15-6-18-12/h4-6H,14H2,1-3H3,(H,16,17). The Bertz CT molecular complexity index is 581. The van der Waals surface area contributed by atoms with E-state index in [2.05, 4.69) is 10.3 Å². The number of nitrogens with two attached hydrogens (primary N) is 1. The van der Waals surface area contributed by atoms with Gasteiger partial charge in [0.2, 0.25) is 0 Å². The fourth-order valence-electron chi connectivity index (χ4n) is 1.88. The molecular weight excluding hydrogens is 246 g/mol. The first-order chi connectivity index (χ1) is 8.49. The number of amides is 1. The molecule has 2 rings (SSSR count). The van der Waals surface area contributed by atoms with Crippen molar-refractivity contribution >= 4 is 28.6 Å². The third-order valence-corrected chi connectivity index (χ3v) is 3.67. The molecule has 1 aromatic heterocycles. The summed E-state index contributed by atoms with van der Waals surface area (Å²) in [5.41, 5.74) is 11.6. The molecule has 1 heterocycles. The maximum Gasteiger partial charge on any atom is 0.267 e. The topological polar surface area (TPSA) is 68.0 Å². The summed E-state index contributed by atoms with van der Waals surface area (Å²) >= 11 is 1.34. The number of rotatable bonds is 2. The smallest absolute Gasteiger partial charge is 0.267 e. The molecule has 1 aromatic carbocycles. The minimum absolute atomic E-state index is 0.119. The number of nitrogen functional groups attached to an aromatic ring is 1. The number of anilines is 2. The molecule has 0 aliphatic carbocycles. The maximum absolute atomic E-state index is 12.1. The Morgan fingerprint density at radius 1 is 1.28 bits per heavy atom. The molecule has 0 radical (unpaired) electrons. The normalized spacial score (nSPS) is 10.4. The molecule has 2 aromatic rings. The van der Waals surface area contributed by atoms with Crippen LogP contribution in [0.25, 0.3) is 0 Å². The summed E-state index contributed by atoms with van der Waals surface area (Å²) in [6.07, 6.45) is 0. The summed E-state index contributed by atoms with van der Waals surface area (Å²) in [4.78, 5) is 16.8. The Hall–Kier alpha value is -1.88. The average Bonchev–Trinajstić information content (AvgIpc) is 2.69. The zero-order valence-electron chi connectivity index (χ0n) is 10.6. The molecule has 1 amide bonds. The van der Waals surface area contributed by atoms with E-state index in [4.69, 9.17) is 5.73 Å². The summed E-state index contributed by atoms with van der Waals surface area (Å²) < 4.78 is 0. The van der Waals surface area contributed by atoms with Gasteiger partial charge < -0.3 is 11.1 Å². The molecule has 0 spiro atoms. The highest BCUT2D eigenvalue weighted by molar-refractivity contribution is 7.12. The van der Waals surface area contributed by atoms with Gasteiger partial charge in [-0.3, -0.25) is 4.79 Å². The molecule has 0 bridgehead atoms. The molecule has 0 fully saturated rings. The van der Waals surface area contributed by atoms with Crippen LogP contribution in [-0.2, 0) is 0 Å². The summed E-state index contributed by atoms with van der Waals surface area (Å²) in [6.45, 7) is 5.69. The lowest BCUT2D eigenvalue weighted by Crippen LogP contribution is -2.13.